The number of nitrogens with one attached hydrogen (secondary N) is 1. The van der Waals surface area contributed by atoms with Crippen molar-refractivity contribution >= 4 is 21.4 Å². The van der Waals surface area contributed by atoms with E-state index in [2.05, 4.69) is 10.3 Å². The molecule has 6 nitrogen and oxygen atoms in total. The zero-order valence-corrected chi connectivity index (χ0v) is 11.8. The second-order valence-electron chi connectivity index (χ2n) is 4.63. The first-order valence-electron chi connectivity index (χ1n) is 6.08. The molecule has 1 aromatic rings. The van der Waals surface area contributed by atoms with E-state index in [4.69, 9.17) is 0 Å². The SMILES string of the molecule is CNc1ccncc1C(=O)N1CCS(=O)(=O)CC1C. The van der Waals surface area contributed by atoms with Crippen LogP contribution in [0.15, 0.2) is 18.5 Å². The fourth-order valence-corrected chi connectivity index (χ4v) is 3.79. The Bertz CT molecular complexity index is 586. The van der Waals surface area contributed by atoms with Crippen molar-refractivity contribution in [2.75, 3.05) is 30.4 Å². The zero-order valence-electron chi connectivity index (χ0n) is 11.0. The van der Waals surface area contributed by atoms with Crippen molar-refractivity contribution < 1.29 is 13.2 Å². The first-order chi connectivity index (χ1) is 8.94. The molecule has 1 saturated heterocycles. The van der Waals surface area contributed by atoms with Gasteiger partial charge in [-0.15, -0.1) is 0 Å². The maximum Gasteiger partial charge on any atom is 0.257 e. The highest BCUT2D eigenvalue weighted by Gasteiger charge is 2.32. The summed E-state index contributed by atoms with van der Waals surface area (Å²) in [4.78, 5) is 18.0. The number of rotatable bonds is 2. The zero-order chi connectivity index (χ0) is 14.0. The van der Waals surface area contributed by atoms with Crippen LogP contribution < -0.4 is 5.32 Å². The Morgan fingerprint density at radius 1 is 1.53 bits per heavy atom. The highest BCUT2D eigenvalue weighted by atomic mass is 32.2. The number of amides is 1. The van der Waals surface area contributed by atoms with Gasteiger partial charge in [0, 0.05) is 37.7 Å². The van der Waals surface area contributed by atoms with Crippen LogP contribution >= 0.6 is 0 Å². The lowest BCUT2D eigenvalue weighted by atomic mass is 10.2. The largest absolute Gasteiger partial charge is 0.387 e. The average molecular weight is 283 g/mol. The molecule has 0 aliphatic carbocycles. The van der Waals surface area contributed by atoms with Crippen LogP contribution in [0.1, 0.15) is 17.3 Å². The number of anilines is 1. The Kier molecular flexibility index (Phi) is 3.75. The second-order valence-corrected chi connectivity index (χ2v) is 6.86. The first kappa shape index (κ1) is 13.8. The molecule has 0 radical (unpaired) electrons. The van der Waals surface area contributed by atoms with E-state index in [1.165, 1.54) is 6.20 Å². The van der Waals surface area contributed by atoms with Crippen molar-refractivity contribution in [2.45, 2.75) is 13.0 Å². The number of carbonyl (C=O) groups excluding carboxylic acids is 1. The molecule has 2 heterocycles. The average Bonchev–Trinajstić information content (AvgIpc) is 2.37. The van der Waals surface area contributed by atoms with E-state index in [0.717, 1.165) is 0 Å². The lowest BCUT2D eigenvalue weighted by Gasteiger charge is -2.33. The fourth-order valence-electron chi connectivity index (χ4n) is 2.24. The monoisotopic (exact) mass is 283 g/mol. The molecule has 1 fully saturated rings. The summed E-state index contributed by atoms with van der Waals surface area (Å²) >= 11 is 0. The van der Waals surface area contributed by atoms with Gasteiger partial charge < -0.3 is 10.2 Å². The summed E-state index contributed by atoms with van der Waals surface area (Å²) in [5.41, 5.74) is 1.16. The topological polar surface area (TPSA) is 79.4 Å². The highest BCUT2D eigenvalue weighted by Crippen LogP contribution is 2.19. The van der Waals surface area contributed by atoms with Gasteiger partial charge in [0.2, 0.25) is 0 Å². The van der Waals surface area contributed by atoms with Crippen LogP contribution in [0.4, 0.5) is 5.69 Å². The summed E-state index contributed by atoms with van der Waals surface area (Å²) < 4.78 is 23.1. The number of hydrogen-bond donors (Lipinski definition) is 1. The number of nitrogens with zero attached hydrogens (tertiary/aromatic N) is 2. The molecule has 104 valence electrons. The molecule has 0 aromatic carbocycles. The molecule has 0 bridgehead atoms. The molecule has 1 aromatic heterocycles. The molecule has 0 spiro atoms. The van der Waals surface area contributed by atoms with Crippen LogP contribution in [-0.2, 0) is 9.84 Å². The Morgan fingerprint density at radius 3 is 2.89 bits per heavy atom. The summed E-state index contributed by atoms with van der Waals surface area (Å²) in [6.07, 6.45) is 3.11. The first-order valence-corrected chi connectivity index (χ1v) is 7.90. The van der Waals surface area contributed by atoms with Crippen LogP contribution in [-0.4, -0.2) is 55.3 Å². The van der Waals surface area contributed by atoms with Crippen molar-refractivity contribution in [2.24, 2.45) is 0 Å². The third kappa shape index (κ3) is 2.86. The summed E-state index contributed by atoms with van der Waals surface area (Å²) in [5, 5.41) is 2.94. The van der Waals surface area contributed by atoms with E-state index in [-0.39, 0.29) is 30.0 Å². The van der Waals surface area contributed by atoms with E-state index in [1.807, 2.05) is 0 Å². The molecule has 1 amide bonds. The summed E-state index contributed by atoms with van der Waals surface area (Å²) in [5.74, 6) is -0.133. The van der Waals surface area contributed by atoms with Crippen LogP contribution in [0, 0.1) is 0 Å². The minimum absolute atomic E-state index is 0.0217. The van der Waals surface area contributed by atoms with Crippen molar-refractivity contribution in [3.05, 3.63) is 24.0 Å². The highest BCUT2D eigenvalue weighted by molar-refractivity contribution is 7.91. The van der Waals surface area contributed by atoms with Crippen LogP contribution in [0.2, 0.25) is 0 Å². The van der Waals surface area contributed by atoms with Gasteiger partial charge in [0.05, 0.1) is 17.1 Å². The summed E-state index contributed by atoms with van der Waals surface area (Å²) in [6, 6.07) is 1.41. The predicted molar refractivity (Wildman–Crippen MR) is 72.9 cm³/mol. The molecule has 7 heteroatoms. The van der Waals surface area contributed by atoms with E-state index in [0.29, 0.717) is 11.3 Å². The van der Waals surface area contributed by atoms with Crippen molar-refractivity contribution in [1.29, 1.82) is 0 Å². The van der Waals surface area contributed by atoms with E-state index in [1.54, 1.807) is 31.1 Å². The third-order valence-electron chi connectivity index (χ3n) is 3.25. The van der Waals surface area contributed by atoms with Gasteiger partial charge in [-0.1, -0.05) is 0 Å². The van der Waals surface area contributed by atoms with Crippen LogP contribution in [0.25, 0.3) is 0 Å². The normalized spacial score (nSPS) is 22.0. The Hall–Kier alpha value is -1.63. The van der Waals surface area contributed by atoms with E-state index < -0.39 is 9.84 Å². The number of hydrogen-bond acceptors (Lipinski definition) is 5. The standard InChI is InChI=1S/C12H17N3O3S/c1-9-8-19(17,18)6-5-15(9)12(16)10-7-14-4-3-11(10)13-2/h3-4,7,9H,5-6,8H2,1-2H3,(H,13,14). The number of carbonyl (C=O) groups is 1. The quantitative estimate of drug-likeness (QED) is 0.849. The molecular weight excluding hydrogens is 266 g/mol. The Balaban J connectivity index is 2.25. The lowest BCUT2D eigenvalue weighted by molar-refractivity contribution is 0.0713. The molecule has 1 aliphatic rings. The van der Waals surface area contributed by atoms with Crippen molar-refractivity contribution in [3.8, 4) is 0 Å². The summed E-state index contributed by atoms with van der Waals surface area (Å²) in [7, 11) is -1.29. The van der Waals surface area contributed by atoms with Crippen LogP contribution in [0.5, 0.6) is 0 Å². The van der Waals surface area contributed by atoms with Gasteiger partial charge in [-0.2, -0.15) is 0 Å². The molecule has 1 unspecified atom stereocenters. The molecule has 0 saturated carbocycles. The molecular formula is C12H17N3O3S. The Labute approximate surface area is 112 Å². The maximum absolute atomic E-state index is 12.5. The molecule has 19 heavy (non-hydrogen) atoms. The van der Waals surface area contributed by atoms with Crippen LogP contribution in [0.3, 0.4) is 0 Å². The van der Waals surface area contributed by atoms with Gasteiger partial charge in [0.15, 0.2) is 9.84 Å². The minimum atomic E-state index is -3.02. The van der Waals surface area contributed by atoms with Gasteiger partial charge in [0.25, 0.3) is 5.91 Å². The van der Waals surface area contributed by atoms with E-state index in [9.17, 15) is 13.2 Å². The number of aromatic nitrogens is 1. The van der Waals surface area contributed by atoms with Crippen molar-refractivity contribution in [3.63, 3.8) is 0 Å². The lowest BCUT2D eigenvalue weighted by Crippen LogP contribution is -2.49. The van der Waals surface area contributed by atoms with Gasteiger partial charge in [-0.05, 0) is 13.0 Å². The van der Waals surface area contributed by atoms with Gasteiger partial charge >= 0.3 is 0 Å². The predicted octanol–water partition coefficient (Wildman–Crippen LogP) is 0.382. The molecule has 1 N–H and O–H groups in total. The smallest absolute Gasteiger partial charge is 0.257 e. The molecule has 1 atom stereocenters. The fraction of sp³-hybridized carbons (Fsp3) is 0.500. The summed E-state index contributed by atoms with van der Waals surface area (Å²) in [6.45, 7) is 1.99. The van der Waals surface area contributed by atoms with Gasteiger partial charge in [-0.3, -0.25) is 9.78 Å². The van der Waals surface area contributed by atoms with Gasteiger partial charge in [0.1, 0.15) is 0 Å². The number of pyridine rings is 1. The van der Waals surface area contributed by atoms with Crippen molar-refractivity contribution in [1.82, 2.24) is 9.88 Å². The maximum atomic E-state index is 12.5. The van der Waals surface area contributed by atoms with Gasteiger partial charge in [-0.25, -0.2) is 8.42 Å². The van der Waals surface area contributed by atoms with E-state index >= 15 is 0 Å². The molecule has 1 aliphatic heterocycles. The Morgan fingerprint density at radius 2 is 2.26 bits per heavy atom. The minimum Gasteiger partial charge on any atom is -0.387 e. The number of sulfone groups is 1. The second kappa shape index (κ2) is 5.16. The third-order valence-corrected chi connectivity index (χ3v) is 5.05. The molecule has 2 rings (SSSR count).